The van der Waals surface area contributed by atoms with Crippen molar-refractivity contribution in [1.82, 2.24) is 5.32 Å². The van der Waals surface area contributed by atoms with E-state index in [9.17, 15) is 9.59 Å². The molecule has 1 rings (SSSR count). The SMILES string of the molecule is Cc1cccc(COC(=O)N[C@H](C(=O)O)C(C)C)c1. The first kappa shape index (κ1) is 15.0. The highest BCUT2D eigenvalue weighted by molar-refractivity contribution is 5.80. The van der Waals surface area contributed by atoms with Crippen molar-refractivity contribution in [3.63, 3.8) is 0 Å². The summed E-state index contributed by atoms with van der Waals surface area (Å²) in [6.45, 7) is 5.51. The van der Waals surface area contributed by atoms with Crippen molar-refractivity contribution in [3.05, 3.63) is 35.4 Å². The van der Waals surface area contributed by atoms with Crippen LogP contribution >= 0.6 is 0 Å². The van der Waals surface area contributed by atoms with E-state index in [1.807, 2.05) is 31.2 Å². The summed E-state index contributed by atoms with van der Waals surface area (Å²) in [6, 6.07) is 6.63. The fourth-order valence-electron chi connectivity index (χ4n) is 1.63. The molecular weight excluding hydrogens is 246 g/mol. The molecule has 0 aliphatic carbocycles. The number of hydrogen-bond donors (Lipinski definition) is 2. The number of carbonyl (C=O) groups excluding carboxylic acids is 1. The third kappa shape index (κ3) is 4.99. The zero-order chi connectivity index (χ0) is 14.4. The topological polar surface area (TPSA) is 75.6 Å². The standard InChI is InChI=1S/C14H19NO4/c1-9(2)12(13(16)17)15-14(18)19-8-11-6-4-5-10(3)7-11/h4-7,9,12H,8H2,1-3H3,(H,15,18)(H,16,17)/t12-/m0/s1. The lowest BCUT2D eigenvalue weighted by Gasteiger charge is -2.17. The van der Waals surface area contributed by atoms with Gasteiger partial charge in [0.05, 0.1) is 0 Å². The van der Waals surface area contributed by atoms with Gasteiger partial charge in [0.2, 0.25) is 0 Å². The molecule has 5 nitrogen and oxygen atoms in total. The van der Waals surface area contributed by atoms with Crippen LogP contribution in [0.25, 0.3) is 0 Å². The molecule has 0 heterocycles. The molecule has 0 fully saturated rings. The molecule has 5 heteroatoms. The monoisotopic (exact) mass is 265 g/mol. The number of rotatable bonds is 5. The van der Waals surface area contributed by atoms with Gasteiger partial charge in [-0.25, -0.2) is 9.59 Å². The van der Waals surface area contributed by atoms with Crippen LogP contribution < -0.4 is 5.32 Å². The summed E-state index contributed by atoms with van der Waals surface area (Å²) in [7, 11) is 0. The predicted molar refractivity (Wildman–Crippen MR) is 70.8 cm³/mol. The average molecular weight is 265 g/mol. The number of benzene rings is 1. The van der Waals surface area contributed by atoms with E-state index < -0.39 is 18.1 Å². The summed E-state index contributed by atoms with van der Waals surface area (Å²) < 4.78 is 5.00. The Kier molecular flexibility index (Phi) is 5.36. The smallest absolute Gasteiger partial charge is 0.408 e. The van der Waals surface area contributed by atoms with Gasteiger partial charge in [-0.3, -0.25) is 0 Å². The Bertz CT molecular complexity index is 457. The number of aliphatic carboxylic acids is 1. The molecule has 19 heavy (non-hydrogen) atoms. The quantitative estimate of drug-likeness (QED) is 0.856. The molecule has 2 N–H and O–H groups in total. The maximum Gasteiger partial charge on any atom is 0.408 e. The number of carboxylic acids is 1. The third-order valence-electron chi connectivity index (χ3n) is 2.66. The molecule has 1 atom stereocenters. The van der Waals surface area contributed by atoms with Gasteiger partial charge in [0.1, 0.15) is 12.6 Å². The summed E-state index contributed by atoms with van der Waals surface area (Å²) in [6.07, 6.45) is -0.720. The highest BCUT2D eigenvalue weighted by Gasteiger charge is 2.23. The van der Waals surface area contributed by atoms with E-state index >= 15 is 0 Å². The second kappa shape index (κ2) is 6.78. The Balaban J connectivity index is 2.49. The molecule has 1 aromatic rings. The number of alkyl carbamates (subject to hydrolysis) is 1. The molecule has 0 aliphatic heterocycles. The molecule has 1 amide bonds. The second-order valence-electron chi connectivity index (χ2n) is 4.77. The van der Waals surface area contributed by atoms with Gasteiger partial charge in [-0.15, -0.1) is 0 Å². The summed E-state index contributed by atoms with van der Waals surface area (Å²) in [5, 5.41) is 11.3. The summed E-state index contributed by atoms with van der Waals surface area (Å²) in [5.74, 6) is -1.27. The molecule has 0 saturated heterocycles. The molecule has 0 unspecified atom stereocenters. The Morgan fingerprint density at radius 3 is 2.58 bits per heavy atom. The van der Waals surface area contributed by atoms with Crippen LogP contribution in [0.1, 0.15) is 25.0 Å². The number of carboxylic acid groups (broad SMARTS) is 1. The first-order valence-electron chi connectivity index (χ1n) is 6.11. The minimum Gasteiger partial charge on any atom is -0.480 e. The van der Waals surface area contributed by atoms with Crippen LogP contribution in [0.5, 0.6) is 0 Å². The molecule has 0 bridgehead atoms. The van der Waals surface area contributed by atoms with Gasteiger partial charge in [0.25, 0.3) is 0 Å². The van der Waals surface area contributed by atoms with Crippen molar-refractivity contribution in [1.29, 1.82) is 0 Å². The molecule has 0 saturated carbocycles. The van der Waals surface area contributed by atoms with Crippen LogP contribution in [0.2, 0.25) is 0 Å². The number of hydrogen-bond acceptors (Lipinski definition) is 3. The lowest BCUT2D eigenvalue weighted by atomic mass is 10.1. The number of ether oxygens (including phenoxy) is 1. The van der Waals surface area contributed by atoms with E-state index in [0.717, 1.165) is 11.1 Å². The van der Waals surface area contributed by atoms with E-state index in [-0.39, 0.29) is 12.5 Å². The zero-order valence-electron chi connectivity index (χ0n) is 11.3. The van der Waals surface area contributed by atoms with Crippen molar-refractivity contribution >= 4 is 12.1 Å². The lowest BCUT2D eigenvalue weighted by Crippen LogP contribution is -2.44. The van der Waals surface area contributed by atoms with Crippen LogP contribution in [-0.2, 0) is 16.1 Å². The fourth-order valence-corrected chi connectivity index (χ4v) is 1.63. The van der Waals surface area contributed by atoms with Crippen LogP contribution in [0, 0.1) is 12.8 Å². The normalized spacial score (nSPS) is 12.0. The van der Waals surface area contributed by atoms with Crippen molar-refractivity contribution < 1.29 is 19.4 Å². The van der Waals surface area contributed by atoms with E-state index in [2.05, 4.69) is 5.32 Å². The van der Waals surface area contributed by atoms with Crippen LogP contribution in [0.15, 0.2) is 24.3 Å². The molecule has 1 aromatic carbocycles. The van der Waals surface area contributed by atoms with E-state index in [4.69, 9.17) is 9.84 Å². The summed E-state index contributed by atoms with van der Waals surface area (Å²) >= 11 is 0. The van der Waals surface area contributed by atoms with Crippen molar-refractivity contribution in [2.24, 2.45) is 5.92 Å². The van der Waals surface area contributed by atoms with E-state index in [1.165, 1.54) is 0 Å². The zero-order valence-corrected chi connectivity index (χ0v) is 11.3. The van der Waals surface area contributed by atoms with Crippen molar-refractivity contribution in [2.45, 2.75) is 33.4 Å². The number of amides is 1. The Morgan fingerprint density at radius 2 is 2.05 bits per heavy atom. The first-order valence-corrected chi connectivity index (χ1v) is 6.11. The van der Waals surface area contributed by atoms with Gasteiger partial charge in [-0.2, -0.15) is 0 Å². The van der Waals surface area contributed by atoms with Crippen LogP contribution in [-0.4, -0.2) is 23.2 Å². The molecular formula is C14H19NO4. The van der Waals surface area contributed by atoms with Gasteiger partial charge < -0.3 is 15.2 Å². The molecule has 0 aromatic heterocycles. The van der Waals surface area contributed by atoms with Crippen molar-refractivity contribution in [2.75, 3.05) is 0 Å². The number of aryl methyl sites for hydroxylation is 1. The number of carbonyl (C=O) groups is 2. The van der Waals surface area contributed by atoms with E-state index in [0.29, 0.717) is 0 Å². The second-order valence-corrected chi connectivity index (χ2v) is 4.77. The Morgan fingerprint density at radius 1 is 1.37 bits per heavy atom. The van der Waals surface area contributed by atoms with E-state index in [1.54, 1.807) is 13.8 Å². The van der Waals surface area contributed by atoms with Crippen molar-refractivity contribution in [3.8, 4) is 0 Å². The maximum atomic E-state index is 11.5. The molecule has 0 radical (unpaired) electrons. The third-order valence-corrected chi connectivity index (χ3v) is 2.66. The highest BCUT2D eigenvalue weighted by Crippen LogP contribution is 2.06. The molecule has 0 aliphatic rings. The van der Waals surface area contributed by atoms with Crippen LogP contribution in [0.4, 0.5) is 4.79 Å². The van der Waals surface area contributed by atoms with Gasteiger partial charge in [0, 0.05) is 0 Å². The predicted octanol–water partition coefficient (Wildman–Crippen LogP) is 2.33. The summed E-state index contributed by atoms with van der Waals surface area (Å²) in [4.78, 5) is 22.4. The summed E-state index contributed by atoms with van der Waals surface area (Å²) in [5.41, 5.74) is 1.94. The first-order chi connectivity index (χ1) is 8.90. The maximum absolute atomic E-state index is 11.5. The Hall–Kier alpha value is -2.04. The fraction of sp³-hybridized carbons (Fsp3) is 0.429. The van der Waals surface area contributed by atoms with Gasteiger partial charge in [0.15, 0.2) is 0 Å². The largest absolute Gasteiger partial charge is 0.480 e. The minimum atomic E-state index is -1.07. The number of nitrogens with one attached hydrogen (secondary N) is 1. The van der Waals surface area contributed by atoms with Gasteiger partial charge in [-0.05, 0) is 18.4 Å². The van der Waals surface area contributed by atoms with Crippen LogP contribution in [0.3, 0.4) is 0 Å². The minimum absolute atomic E-state index is 0.123. The molecule has 104 valence electrons. The van der Waals surface area contributed by atoms with Gasteiger partial charge in [-0.1, -0.05) is 43.7 Å². The Labute approximate surface area is 112 Å². The average Bonchev–Trinajstić information content (AvgIpc) is 2.32. The highest BCUT2D eigenvalue weighted by atomic mass is 16.5. The molecule has 0 spiro atoms. The lowest BCUT2D eigenvalue weighted by molar-refractivity contribution is -0.140. The van der Waals surface area contributed by atoms with Gasteiger partial charge >= 0.3 is 12.1 Å².